The largest absolute Gasteiger partial charge is 0.469 e. The molecular formula is C12H15Cl3N2O2. The van der Waals surface area contributed by atoms with Crippen LogP contribution in [0.4, 0.5) is 0 Å². The molecule has 1 aromatic heterocycles. The lowest BCUT2D eigenvalue weighted by Crippen LogP contribution is -2.32. The summed E-state index contributed by atoms with van der Waals surface area (Å²) in [4.78, 5) is 14.6. The van der Waals surface area contributed by atoms with Gasteiger partial charge in [0.15, 0.2) is 0 Å². The molecular weight excluding hydrogens is 311 g/mol. The highest BCUT2D eigenvalue weighted by Crippen LogP contribution is 2.17. The average molecular weight is 326 g/mol. The summed E-state index contributed by atoms with van der Waals surface area (Å²) in [5.74, 6) is 0.0905. The third-order valence-corrected chi connectivity index (χ3v) is 3.21. The third-order valence-electron chi connectivity index (χ3n) is 2.60. The highest BCUT2D eigenvalue weighted by atomic mass is 35.5. The van der Waals surface area contributed by atoms with Crippen molar-refractivity contribution in [3.05, 3.63) is 27.5 Å². The van der Waals surface area contributed by atoms with Gasteiger partial charge in [0.25, 0.3) is 0 Å². The van der Waals surface area contributed by atoms with Gasteiger partial charge in [-0.2, -0.15) is 0 Å². The SMILES string of the molecule is COC(=O)C1CCNCC1.Clc1cc(Cl)nc(Cl)c1. The predicted octanol–water partition coefficient (Wildman–Crippen LogP) is 3.20. The Balaban J connectivity index is 0.000000191. The zero-order valence-corrected chi connectivity index (χ0v) is 12.7. The lowest BCUT2D eigenvalue weighted by atomic mass is 9.99. The lowest BCUT2D eigenvalue weighted by molar-refractivity contribution is -0.146. The van der Waals surface area contributed by atoms with Gasteiger partial charge in [-0.3, -0.25) is 4.79 Å². The van der Waals surface area contributed by atoms with E-state index in [1.54, 1.807) is 0 Å². The van der Waals surface area contributed by atoms with Gasteiger partial charge < -0.3 is 10.1 Å². The van der Waals surface area contributed by atoms with E-state index in [9.17, 15) is 4.79 Å². The maximum Gasteiger partial charge on any atom is 0.308 e. The van der Waals surface area contributed by atoms with Crippen LogP contribution in [0.1, 0.15) is 12.8 Å². The minimum atomic E-state index is -0.0542. The van der Waals surface area contributed by atoms with Crippen molar-refractivity contribution < 1.29 is 9.53 Å². The van der Waals surface area contributed by atoms with Crippen molar-refractivity contribution in [3.63, 3.8) is 0 Å². The summed E-state index contributed by atoms with van der Waals surface area (Å²) in [5.41, 5.74) is 0. The molecule has 106 valence electrons. The van der Waals surface area contributed by atoms with Crippen molar-refractivity contribution in [1.82, 2.24) is 10.3 Å². The molecule has 2 rings (SSSR count). The Hall–Kier alpha value is -0.550. The Morgan fingerprint density at radius 3 is 2.21 bits per heavy atom. The number of methoxy groups -OCH3 is 1. The highest BCUT2D eigenvalue weighted by Gasteiger charge is 2.20. The number of ether oxygens (including phenoxy) is 1. The number of esters is 1. The molecule has 0 bridgehead atoms. The number of aromatic nitrogens is 1. The molecule has 1 aliphatic rings. The summed E-state index contributed by atoms with van der Waals surface area (Å²) in [7, 11) is 1.45. The Bertz CT molecular complexity index is 373. The van der Waals surface area contributed by atoms with E-state index >= 15 is 0 Å². The Labute approximate surface area is 127 Å². The van der Waals surface area contributed by atoms with Crippen LogP contribution >= 0.6 is 34.8 Å². The second kappa shape index (κ2) is 8.59. The second-order valence-corrected chi connectivity index (χ2v) is 5.19. The van der Waals surface area contributed by atoms with Crippen LogP contribution in [0.5, 0.6) is 0 Å². The molecule has 0 spiro atoms. The highest BCUT2D eigenvalue weighted by molar-refractivity contribution is 6.36. The molecule has 0 aromatic carbocycles. The summed E-state index contributed by atoms with van der Waals surface area (Å²) < 4.78 is 4.62. The summed E-state index contributed by atoms with van der Waals surface area (Å²) in [6, 6.07) is 3.05. The number of piperidine rings is 1. The van der Waals surface area contributed by atoms with E-state index in [-0.39, 0.29) is 11.9 Å². The fraction of sp³-hybridized carbons (Fsp3) is 0.500. The van der Waals surface area contributed by atoms with Crippen LogP contribution in [0.3, 0.4) is 0 Å². The number of nitrogens with one attached hydrogen (secondary N) is 1. The summed E-state index contributed by atoms with van der Waals surface area (Å²) in [6.45, 7) is 1.89. The molecule has 0 atom stereocenters. The van der Waals surface area contributed by atoms with Gasteiger partial charge in [-0.15, -0.1) is 0 Å². The molecule has 1 fully saturated rings. The third kappa shape index (κ3) is 6.43. The van der Waals surface area contributed by atoms with Crippen molar-refractivity contribution in [3.8, 4) is 0 Å². The number of carbonyl (C=O) groups is 1. The maximum atomic E-state index is 10.9. The smallest absolute Gasteiger partial charge is 0.308 e. The fourth-order valence-corrected chi connectivity index (χ4v) is 2.44. The average Bonchev–Trinajstić information content (AvgIpc) is 2.38. The molecule has 4 nitrogen and oxygen atoms in total. The van der Waals surface area contributed by atoms with Gasteiger partial charge in [0.2, 0.25) is 0 Å². The monoisotopic (exact) mass is 324 g/mol. The first-order valence-electron chi connectivity index (χ1n) is 5.80. The molecule has 7 heteroatoms. The van der Waals surface area contributed by atoms with E-state index in [4.69, 9.17) is 34.8 Å². The normalized spacial score (nSPS) is 15.4. The molecule has 0 amide bonds. The lowest BCUT2D eigenvalue weighted by Gasteiger charge is -2.19. The Kier molecular flexibility index (Phi) is 7.46. The van der Waals surface area contributed by atoms with Gasteiger partial charge in [-0.05, 0) is 38.1 Å². The molecule has 0 saturated carbocycles. The van der Waals surface area contributed by atoms with Crippen LogP contribution < -0.4 is 5.32 Å². The molecule has 0 radical (unpaired) electrons. The van der Waals surface area contributed by atoms with Gasteiger partial charge in [-0.1, -0.05) is 34.8 Å². The maximum absolute atomic E-state index is 10.9. The van der Waals surface area contributed by atoms with Crippen molar-refractivity contribution in [2.75, 3.05) is 20.2 Å². The quantitative estimate of drug-likeness (QED) is 0.636. The van der Waals surface area contributed by atoms with Crippen LogP contribution in [-0.2, 0) is 9.53 Å². The number of halogens is 3. The van der Waals surface area contributed by atoms with Crippen LogP contribution in [0.15, 0.2) is 12.1 Å². The zero-order valence-electron chi connectivity index (χ0n) is 10.5. The van der Waals surface area contributed by atoms with Crippen LogP contribution in [0.2, 0.25) is 15.3 Å². The van der Waals surface area contributed by atoms with E-state index < -0.39 is 0 Å². The van der Waals surface area contributed by atoms with Crippen molar-refractivity contribution in [2.45, 2.75) is 12.8 Å². The van der Waals surface area contributed by atoms with Gasteiger partial charge in [0, 0.05) is 5.02 Å². The van der Waals surface area contributed by atoms with Crippen molar-refractivity contribution >= 4 is 40.8 Å². The second-order valence-electron chi connectivity index (χ2n) is 3.98. The first-order chi connectivity index (χ1) is 9.02. The van der Waals surface area contributed by atoms with E-state index in [0.717, 1.165) is 25.9 Å². The first kappa shape index (κ1) is 16.5. The first-order valence-corrected chi connectivity index (χ1v) is 6.93. The van der Waals surface area contributed by atoms with Crippen molar-refractivity contribution in [1.29, 1.82) is 0 Å². The van der Waals surface area contributed by atoms with Crippen molar-refractivity contribution in [2.24, 2.45) is 5.92 Å². The minimum Gasteiger partial charge on any atom is -0.469 e. The van der Waals surface area contributed by atoms with Crippen LogP contribution in [-0.4, -0.2) is 31.2 Å². The molecule has 1 N–H and O–H groups in total. The minimum absolute atomic E-state index is 0.0542. The molecule has 1 aliphatic heterocycles. The van der Waals surface area contributed by atoms with Gasteiger partial charge in [-0.25, -0.2) is 4.98 Å². The van der Waals surface area contributed by atoms with E-state index in [1.807, 2.05) is 0 Å². The van der Waals surface area contributed by atoms with E-state index in [0.29, 0.717) is 15.3 Å². The number of pyridine rings is 1. The van der Waals surface area contributed by atoms with E-state index in [2.05, 4.69) is 15.0 Å². The summed E-state index contributed by atoms with van der Waals surface area (Å²) in [6.07, 6.45) is 1.85. The number of hydrogen-bond donors (Lipinski definition) is 1. The number of carbonyl (C=O) groups excluding carboxylic acids is 1. The standard InChI is InChI=1S/C7H13NO2.C5H2Cl3N/c1-10-7(9)6-2-4-8-5-3-6;6-3-1-4(7)9-5(8)2-3/h6,8H,2-5H2,1H3;1-2H. The summed E-state index contributed by atoms with van der Waals surface area (Å²) in [5, 5.41) is 4.31. The topological polar surface area (TPSA) is 51.2 Å². The Morgan fingerprint density at radius 1 is 1.26 bits per heavy atom. The molecule has 1 saturated heterocycles. The molecule has 0 aliphatic carbocycles. The van der Waals surface area contributed by atoms with Crippen LogP contribution in [0, 0.1) is 5.92 Å². The summed E-state index contributed by atoms with van der Waals surface area (Å²) >= 11 is 16.5. The van der Waals surface area contributed by atoms with Gasteiger partial charge in [0.1, 0.15) is 10.3 Å². The van der Waals surface area contributed by atoms with Gasteiger partial charge >= 0.3 is 5.97 Å². The number of nitrogens with zero attached hydrogens (tertiary/aromatic N) is 1. The fourth-order valence-electron chi connectivity index (χ4n) is 1.66. The molecule has 1 aromatic rings. The van der Waals surface area contributed by atoms with E-state index in [1.165, 1.54) is 19.2 Å². The van der Waals surface area contributed by atoms with Crippen LogP contribution in [0.25, 0.3) is 0 Å². The molecule has 2 heterocycles. The molecule has 0 unspecified atom stereocenters. The number of rotatable bonds is 1. The Morgan fingerprint density at radius 2 is 1.79 bits per heavy atom. The predicted molar refractivity (Wildman–Crippen MR) is 76.9 cm³/mol. The zero-order chi connectivity index (χ0) is 14.3. The molecule has 19 heavy (non-hydrogen) atoms. The van der Waals surface area contributed by atoms with Gasteiger partial charge in [0.05, 0.1) is 13.0 Å². The number of hydrogen-bond acceptors (Lipinski definition) is 4.